The van der Waals surface area contributed by atoms with Gasteiger partial charge in [0.1, 0.15) is 1.12 Å². The SMILES string of the molecule is [2H]SC12CC3CC(CC(C3)C1)C2. The van der Waals surface area contributed by atoms with Crippen LogP contribution in [0, 0.1) is 17.8 Å². The molecule has 0 unspecified atom stereocenters. The third-order valence-corrected chi connectivity index (χ3v) is 4.48. The Kier molecular flexibility index (Phi) is 1.07. The molecule has 4 bridgehead atoms. The fraction of sp³-hybridized carbons (Fsp3) is 1.00. The van der Waals surface area contributed by atoms with E-state index < -0.39 is 0 Å². The van der Waals surface area contributed by atoms with Gasteiger partial charge in [0.15, 0.2) is 0 Å². The van der Waals surface area contributed by atoms with Gasteiger partial charge in [0.25, 0.3) is 0 Å². The largest absolute Gasteiger partial charge is 0.172 e. The molecule has 0 atom stereocenters. The first-order chi connectivity index (χ1) is 5.80. The molecule has 4 aliphatic rings. The lowest BCUT2D eigenvalue weighted by atomic mass is 9.56. The molecule has 0 amide bonds. The topological polar surface area (TPSA) is 0 Å². The predicted molar refractivity (Wildman–Crippen MR) is 49.9 cm³/mol. The molecule has 4 fully saturated rings. The van der Waals surface area contributed by atoms with Crippen molar-refractivity contribution in [2.75, 3.05) is 0 Å². The maximum absolute atomic E-state index is 7.60. The summed E-state index contributed by atoms with van der Waals surface area (Å²) in [7, 11) is 0. The Bertz CT molecular complexity index is 167. The molecular formula is C10H16S. The number of hydrogen-bond acceptors (Lipinski definition) is 1. The highest BCUT2D eigenvalue weighted by molar-refractivity contribution is 7.81. The van der Waals surface area contributed by atoms with Crippen LogP contribution in [0.15, 0.2) is 0 Å². The van der Waals surface area contributed by atoms with Gasteiger partial charge in [-0.05, 0) is 56.3 Å². The highest BCUT2D eigenvalue weighted by Crippen LogP contribution is 2.57. The van der Waals surface area contributed by atoms with Crippen molar-refractivity contribution in [3.05, 3.63) is 0 Å². The van der Waals surface area contributed by atoms with E-state index >= 15 is 0 Å². The maximum Gasteiger partial charge on any atom is 0.103 e. The fourth-order valence-corrected chi connectivity index (χ4v) is 4.74. The molecule has 0 aromatic heterocycles. The summed E-state index contributed by atoms with van der Waals surface area (Å²) >= 11 is 1.43. The van der Waals surface area contributed by atoms with E-state index in [9.17, 15) is 0 Å². The highest BCUT2D eigenvalue weighted by Gasteiger charge is 2.48. The van der Waals surface area contributed by atoms with E-state index in [2.05, 4.69) is 0 Å². The molecule has 4 saturated carbocycles. The molecule has 0 N–H and O–H groups in total. The zero-order valence-corrected chi connectivity index (χ0v) is 7.70. The Labute approximate surface area is 75.2 Å². The summed E-state index contributed by atoms with van der Waals surface area (Å²) in [6.45, 7) is 0. The Hall–Kier alpha value is 0.350. The summed E-state index contributed by atoms with van der Waals surface area (Å²) in [5.74, 6) is 3.03. The van der Waals surface area contributed by atoms with E-state index in [4.69, 9.17) is 1.12 Å². The standard InChI is InChI=1S/C10H16S/c11-10-4-7-1-8(5-10)3-9(2-7)6-10/h7-9,11H,1-6H2/i/hD. The van der Waals surface area contributed by atoms with E-state index in [1.54, 1.807) is 0 Å². The Morgan fingerprint density at radius 3 is 1.82 bits per heavy atom. The van der Waals surface area contributed by atoms with Crippen molar-refractivity contribution in [2.45, 2.75) is 43.3 Å². The average molecular weight is 169 g/mol. The average Bonchev–Trinajstić information content (AvgIpc) is 2.02. The van der Waals surface area contributed by atoms with Crippen LogP contribution in [0.3, 0.4) is 0 Å². The van der Waals surface area contributed by atoms with E-state index in [1.807, 2.05) is 0 Å². The van der Waals surface area contributed by atoms with Crippen LogP contribution in [0.5, 0.6) is 0 Å². The summed E-state index contributed by atoms with van der Waals surface area (Å²) in [5, 5.41) is 0. The van der Waals surface area contributed by atoms with Gasteiger partial charge in [-0.2, -0.15) is 12.5 Å². The number of hydrogen-bond donors (Lipinski definition) is 1. The van der Waals surface area contributed by atoms with Crippen molar-refractivity contribution < 1.29 is 0 Å². The van der Waals surface area contributed by atoms with E-state index in [1.165, 1.54) is 51.1 Å². The van der Waals surface area contributed by atoms with Crippen molar-refractivity contribution in [3.63, 3.8) is 0 Å². The minimum absolute atomic E-state index is 0.425. The van der Waals surface area contributed by atoms with Crippen LogP contribution >= 0.6 is 12.5 Å². The van der Waals surface area contributed by atoms with Gasteiger partial charge < -0.3 is 0 Å². The first-order valence-electron chi connectivity index (χ1n) is 5.35. The molecule has 4 rings (SSSR count). The van der Waals surface area contributed by atoms with E-state index in [0.29, 0.717) is 4.75 Å². The Balaban J connectivity index is 1.90. The minimum atomic E-state index is 0.425. The number of rotatable bonds is 1. The second-order valence-electron chi connectivity index (χ2n) is 5.10. The quantitative estimate of drug-likeness (QED) is 0.573. The van der Waals surface area contributed by atoms with Crippen LogP contribution in [0.2, 0.25) is 0 Å². The molecule has 0 aliphatic heterocycles. The van der Waals surface area contributed by atoms with Gasteiger partial charge in [-0.25, -0.2) is 0 Å². The smallest absolute Gasteiger partial charge is 0.103 e. The lowest BCUT2D eigenvalue weighted by Gasteiger charge is -2.54. The van der Waals surface area contributed by atoms with Crippen LogP contribution in [-0.4, -0.2) is 5.87 Å². The summed E-state index contributed by atoms with van der Waals surface area (Å²) in [4.78, 5) is 0. The molecule has 0 aromatic rings. The number of thiol groups is 1. The zero-order chi connectivity index (χ0) is 8.18. The monoisotopic (exact) mass is 169 g/mol. The van der Waals surface area contributed by atoms with Crippen molar-refractivity contribution in [1.82, 2.24) is 0 Å². The lowest BCUT2D eigenvalue weighted by Crippen LogP contribution is -2.47. The summed E-state index contributed by atoms with van der Waals surface area (Å²) in [6, 6.07) is 0. The molecule has 0 radical (unpaired) electrons. The summed E-state index contributed by atoms with van der Waals surface area (Å²) < 4.78 is 8.02. The molecular weight excluding hydrogens is 152 g/mol. The van der Waals surface area contributed by atoms with Gasteiger partial charge in [-0.15, -0.1) is 0 Å². The molecule has 62 valence electrons. The van der Waals surface area contributed by atoms with Gasteiger partial charge in [0.2, 0.25) is 0 Å². The first-order valence-corrected chi connectivity index (χ1v) is 5.35. The normalized spacial score (nSPS) is 61.5. The molecule has 0 saturated heterocycles. The highest BCUT2D eigenvalue weighted by atomic mass is 32.1. The Morgan fingerprint density at radius 2 is 1.45 bits per heavy atom. The van der Waals surface area contributed by atoms with Gasteiger partial charge >= 0.3 is 0 Å². The van der Waals surface area contributed by atoms with Crippen LogP contribution in [0.4, 0.5) is 0 Å². The minimum Gasteiger partial charge on any atom is -0.172 e. The maximum atomic E-state index is 7.60. The second-order valence-corrected chi connectivity index (χ2v) is 5.97. The van der Waals surface area contributed by atoms with Crippen LogP contribution < -0.4 is 0 Å². The van der Waals surface area contributed by atoms with Crippen LogP contribution in [0.1, 0.15) is 38.5 Å². The molecule has 0 spiro atoms. The first kappa shape index (κ1) is 5.90. The summed E-state index contributed by atoms with van der Waals surface area (Å²) in [5.41, 5.74) is 0. The third-order valence-electron chi connectivity index (χ3n) is 3.98. The van der Waals surface area contributed by atoms with Crippen molar-refractivity contribution in [1.29, 1.82) is 1.12 Å². The predicted octanol–water partition coefficient (Wildman–Crippen LogP) is 2.89. The molecule has 0 aromatic carbocycles. The van der Waals surface area contributed by atoms with Crippen molar-refractivity contribution >= 4 is 12.5 Å². The van der Waals surface area contributed by atoms with Crippen molar-refractivity contribution in [2.24, 2.45) is 17.8 Å². The summed E-state index contributed by atoms with van der Waals surface area (Å²) in [6.07, 6.45) is 8.60. The molecule has 1 heteroatoms. The lowest BCUT2D eigenvalue weighted by molar-refractivity contribution is 0.0392. The van der Waals surface area contributed by atoms with Gasteiger partial charge in [-0.3, -0.25) is 0 Å². The molecule has 0 nitrogen and oxygen atoms in total. The fourth-order valence-electron chi connectivity index (χ4n) is 4.03. The van der Waals surface area contributed by atoms with Crippen LogP contribution in [0.25, 0.3) is 0 Å². The van der Waals surface area contributed by atoms with E-state index in [-0.39, 0.29) is 0 Å². The van der Waals surface area contributed by atoms with Gasteiger partial charge in [-0.1, -0.05) is 0 Å². The molecule has 4 aliphatic carbocycles. The molecule has 0 heterocycles. The van der Waals surface area contributed by atoms with E-state index in [0.717, 1.165) is 17.8 Å². The van der Waals surface area contributed by atoms with Crippen molar-refractivity contribution in [3.8, 4) is 0 Å². The van der Waals surface area contributed by atoms with Gasteiger partial charge in [0, 0.05) is 4.75 Å². The zero-order valence-electron chi connectivity index (χ0n) is 7.88. The van der Waals surface area contributed by atoms with Gasteiger partial charge in [0.05, 0.1) is 0 Å². The Morgan fingerprint density at radius 1 is 1.00 bits per heavy atom. The second kappa shape index (κ2) is 1.99. The third kappa shape index (κ3) is 0.965. The molecule has 11 heavy (non-hydrogen) atoms. The van der Waals surface area contributed by atoms with Crippen LogP contribution in [-0.2, 0) is 0 Å².